The van der Waals surface area contributed by atoms with Crippen LogP contribution in [0.5, 0.6) is 0 Å². The van der Waals surface area contributed by atoms with Gasteiger partial charge in [-0.15, -0.1) is 0 Å². The molecule has 0 amide bonds. The molecule has 1 aromatic rings. The summed E-state index contributed by atoms with van der Waals surface area (Å²) in [6.45, 7) is 2.84. The SMILES string of the molecule is CCCCCCc1ccc(C(=O)CN(C)CCC(=O)O)cc1. The van der Waals surface area contributed by atoms with Crippen LogP contribution in [0, 0.1) is 0 Å². The lowest BCUT2D eigenvalue weighted by Crippen LogP contribution is -2.28. The van der Waals surface area contributed by atoms with Gasteiger partial charge >= 0.3 is 5.97 Å². The van der Waals surface area contributed by atoms with E-state index in [4.69, 9.17) is 5.11 Å². The third kappa shape index (κ3) is 7.36. The molecular weight excluding hydrogens is 278 g/mol. The predicted octanol–water partition coefficient (Wildman–Crippen LogP) is 3.40. The number of carbonyl (C=O) groups excluding carboxylic acids is 1. The highest BCUT2D eigenvalue weighted by Gasteiger charge is 2.10. The first kappa shape index (κ1) is 18.4. The van der Waals surface area contributed by atoms with Crippen molar-refractivity contribution in [1.82, 2.24) is 4.90 Å². The Morgan fingerprint density at radius 2 is 1.77 bits per heavy atom. The van der Waals surface area contributed by atoms with E-state index in [1.54, 1.807) is 11.9 Å². The Labute approximate surface area is 133 Å². The van der Waals surface area contributed by atoms with Gasteiger partial charge in [0, 0.05) is 12.1 Å². The van der Waals surface area contributed by atoms with Crippen molar-refractivity contribution in [3.8, 4) is 0 Å². The van der Waals surface area contributed by atoms with Crippen LogP contribution in [0.15, 0.2) is 24.3 Å². The number of likely N-dealkylation sites (N-methyl/N-ethyl adjacent to an activating group) is 1. The fourth-order valence-corrected chi connectivity index (χ4v) is 2.32. The Morgan fingerprint density at radius 3 is 2.36 bits per heavy atom. The molecule has 0 fully saturated rings. The minimum absolute atomic E-state index is 0.0328. The first-order valence-electron chi connectivity index (χ1n) is 8.05. The molecule has 0 saturated carbocycles. The zero-order valence-electron chi connectivity index (χ0n) is 13.7. The average Bonchev–Trinajstić information content (AvgIpc) is 2.50. The van der Waals surface area contributed by atoms with Gasteiger partial charge in [-0.2, -0.15) is 0 Å². The maximum atomic E-state index is 12.1. The monoisotopic (exact) mass is 305 g/mol. The Kier molecular flexibility index (Phi) is 8.44. The van der Waals surface area contributed by atoms with Gasteiger partial charge in [0.25, 0.3) is 0 Å². The normalized spacial score (nSPS) is 10.9. The van der Waals surface area contributed by atoms with Gasteiger partial charge in [-0.3, -0.25) is 14.5 Å². The number of hydrogen-bond acceptors (Lipinski definition) is 3. The van der Waals surface area contributed by atoms with E-state index in [-0.39, 0.29) is 18.7 Å². The third-order valence-electron chi connectivity index (χ3n) is 3.72. The zero-order valence-corrected chi connectivity index (χ0v) is 13.7. The third-order valence-corrected chi connectivity index (χ3v) is 3.72. The van der Waals surface area contributed by atoms with Crippen LogP contribution in [0.3, 0.4) is 0 Å². The molecule has 4 heteroatoms. The van der Waals surface area contributed by atoms with E-state index in [2.05, 4.69) is 6.92 Å². The van der Waals surface area contributed by atoms with Crippen LogP contribution in [0.25, 0.3) is 0 Å². The molecule has 1 N–H and O–H groups in total. The second-order valence-corrected chi connectivity index (χ2v) is 5.81. The first-order valence-corrected chi connectivity index (χ1v) is 8.05. The summed E-state index contributed by atoms with van der Waals surface area (Å²) in [6.07, 6.45) is 6.08. The molecule has 0 aliphatic heterocycles. The van der Waals surface area contributed by atoms with Crippen LogP contribution >= 0.6 is 0 Å². The summed E-state index contributed by atoms with van der Waals surface area (Å²) in [5, 5.41) is 8.64. The molecule has 0 aliphatic rings. The second kappa shape index (κ2) is 10.1. The van der Waals surface area contributed by atoms with E-state index in [0.29, 0.717) is 12.1 Å². The fraction of sp³-hybridized carbons (Fsp3) is 0.556. The minimum atomic E-state index is -0.841. The van der Waals surface area contributed by atoms with Crippen LogP contribution in [0.4, 0.5) is 0 Å². The molecule has 22 heavy (non-hydrogen) atoms. The largest absolute Gasteiger partial charge is 0.481 e. The summed E-state index contributed by atoms with van der Waals surface area (Å²) in [4.78, 5) is 24.4. The lowest BCUT2D eigenvalue weighted by molar-refractivity contribution is -0.137. The maximum absolute atomic E-state index is 12.1. The quantitative estimate of drug-likeness (QED) is 0.503. The van der Waals surface area contributed by atoms with Gasteiger partial charge in [-0.1, -0.05) is 50.5 Å². The smallest absolute Gasteiger partial charge is 0.304 e. The minimum Gasteiger partial charge on any atom is -0.481 e. The molecule has 0 aliphatic carbocycles. The highest BCUT2D eigenvalue weighted by atomic mass is 16.4. The molecule has 1 aromatic carbocycles. The summed E-state index contributed by atoms with van der Waals surface area (Å²) < 4.78 is 0. The first-order chi connectivity index (χ1) is 10.5. The van der Waals surface area contributed by atoms with E-state index in [0.717, 1.165) is 6.42 Å². The topological polar surface area (TPSA) is 57.6 Å². The van der Waals surface area contributed by atoms with Crippen LogP contribution < -0.4 is 0 Å². The Morgan fingerprint density at radius 1 is 1.09 bits per heavy atom. The number of ketones is 1. The number of benzene rings is 1. The zero-order chi connectivity index (χ0) is 16.4. The van der Waals surface area contributed by atoms with Gasteiger partial charge in [0.1, 0.15) is 0 Å². The van der Waals surface area contributed by atoms with Crippen LogP contribution in [0.2, 0.25) is 0 Å². The van der Waals surface area contributed by atoms with Crippen LogP contribution in [-0.4, -0.2) is 41.9 Å². The number of unbranched alkanes of at least 4 members (excludes halogenated alkanes) is 3. The molecule has 0 saturated heterocycles. The van der Waals surface area contributed by atoms with E-state index in [9.17, 15) is 9.59 Å². The maximum Gasteiger partial charge on any atom is 0.304 e. The fourth-order valence-electron chi connectivity index (χ4n) is 2.32. The van der Waals surface area contributed by atoms with E-state index in [1.165, 1.54) is 31.2 Å². The molecule has 4 nitrogen and oxygen atoms in total. The number of carboxylic acids is 1. The van der Waals surface area contributed by atoms with Gasteiger partial charge in [0.2, 0.25) is 0 Å². The number of nitrogens with zero attached hydrogens (tertiary/aromatic N) is 1. The molecule has 0 spiro atoms. The molecule has 0 unspecified atom stereocenters. The molecule has 0 bridgehead atoms. The van der Waals surface area contributed by atoms with Gasteiger partial charge in [-0.25, -0.2) is 0 Å². The Balaban J connectivity index is 2.41. The number of aliphatic carboxylic acids is 1. The van der Waals surface area contributed by atoms with Crippen molar-refractivity contribution >= 4 is 11.8 Å². The van der Waals surface area contributed by atoms with Crippen molar-refractivity contribution in [3.05, 3.63) is 35.4 Å². The molecular formula is C18H27NO3. The predicted molar refractivity (Wildman–Crippen MR) is 88.4 cm³/mol. The Bertz CT molecular complexity index is 468. The number of carbonyl (C=O) groups is 2. The van der Waals surface area contributed by atoms with Crippen molar-refractivity contribution in [3.63, 3.8) is 0 Å². The van der Waals surface area contributed by atoms with Gasteiger partial charge < -0.3 is 5.11 Å². The standard InChI is InChI=1S/C18H27NO3/c1-3-4-5-6-7-15-8-10-16(11-9-15)17(20)14-19(2)13-12-18(21)22/h8-11H,3-7,12-14H2,1-2H3,(H,21,22). The summed E-state index contributed by atoms with van der Waals surface area (Å²) >= 11 is 0. The van der Waals surface area contributed by atoms with Gasteiger partial charge in [0.05, 0.1) is 13.0 Å². The Hall–Kier alpha value is -1.68. The summed E-state index contributed by atoms with van der Waals surface area (Å²) in [5.41, 5.74) is 1.96. The molecule has 122 valence electrons. The van der Waals surface area contributed by atoms with Gasteiger partial charge in [-0.05, 0) is 25.5 Å². The second-order valence-electron chi connectivity index (χ2n) is 5.81. The highest BCUT2D eigenvalue weighted by molar-refractivity contribution is 5.97. The number of aryl methyl sites for hydroxylation is 1. The number of carboxylic acid groups (broad SMARTS) is 1. The molecule has 0 radical (unpaired) electrons. The molecule has 1 rings (SSSR count). The van der Waals surface area contributed by atoms with Crippen molar-refractivity contribution < 1.29 is 14.7 Å². The summed E-state index contributed by atoms with van der Waals surface area (Å²) in [5.74, 6) is -0.808. The lowest BCUT2D eigenvalue weighted by Gasteiger charge is -2.14. The van der Waals surface area contributed by atoms with E-state index in [1.807, 2.05) is 24.3 Å². The molecule has 0 aromatic heterocycles. The van der Waals surface area contributed by atoms with Crippen LogP contribution in [0.1, 0.15) is 54.9 Å². The van der Waals surface area contributed by atoms with Crippen molar-refractivity contribution in [1.29, 1.82) is 0 Å². The lowest BCUT2D eigenvalue weighted by atomic mass is 10.0. The highest BCUT2D eigenvalue weighted by Crippen LogP contribution is 2.10. The number of hydrogen-bond donors (Lipinski definition) is 1. The summed E-state index contributed by atoms with van der Waals surface area (Å²) in [6, 6.07) is 7.80. The average molecular weight is 305 g/mol. The molecule has 0 atom stereocenters. The number of Topliss-reactive ketones (excluding diaryl/α,β-unsaturated/α-hetero) is 1. The van der Waals surface area contributed by atoms with E-state index < -0.39 is 5.97 Å². The van der Waals surface area contributed by atoms with Crippen molar-refractivity contribution in [2.45, 2.75) is 45.4 Å². The van der Waals surface area contributed by atoms with Crippen LogP contribution in [-0.2, 0) is 11.2 Å². The van der Waals surface area contributed by atoms with Gasteiger partial charge in [0.15, 0.2) is 5.78 Å². The number of rotatable bonds is 11. The van der Waals surface area contributed by atoms with Crippen molar-refractivity contribution in [2.24, 2.45) is 0 Å². The van der Waals surface area contributed by atoms with E-state index >= 15 is 0 Å². The molecule has 0 heterocycles. The summed E-state index contributed by atoms with van der Waals surface area (Å²) in [7, 11) is 1.77. The van der Waals surface area contributed by atoms with Crippen molar-refractivity contribution in [2.75, 3.05) is 20.1 Å².